The van der Waals surface area contributed by atoms with Crippen molar-refractivity contribution in [2.24, 2.45) is 5.10 Å². The summed E-state index contributed by atoms with van der Waals surface area (Å²) in [7, 11) is -0.772. The van der Waals surface area contributed by atoms with Crippen LogP contribution < -0.4 is 14.9 Å². The number of sulfonamides is 1. The second kappa shape index (κ2) is 10.2. The maximum atomic E-state index is 12.7. The lowest BCUT2D eigenvalue weighted by Gasteiger charge is -2.18. The number of methoxy groups -OCH3 is 2. The van der Waals surface area contributed by atoms with E-state index in [0.717, 1.165) is 6.07 Å². The Kier molecular flexibility index (Phi) is 7.95. The molecule has 0 aliphatic heterocycles. The Morgan fingerprint density at radius 3 is 2.35 bits per heavy atom. The molecule has 0 fully saturated rings. The number of hydrogen-bond donors (Lipinski definition) is 1. The molecule has 0 aromatic heterocycles. The van der Waals surface area contributed by atoms with E-state index in [9.17, 15) is 18.5 Å². The summed E-state index contributed by atoms with van der Waals surface area (Å²) >= 11 is 0. The van der Waals surface area contributed by atoms with Crippen LogP contribution in [-0.4, -0.2) is 50.7 Å². The molecule has 0 spiro atoms. The summed E-state index contributed by atoms with van der Waals surface area (Å²) in [5.74, 6) is 1.14. The molecule has 10 nitrogen and oxygen atoms in total. The van der Waals surface area contributed by atoms with Crippen molar-refractivity contribution in [2.45, 2.75) is 25.7 Å². The summed E-state index contributed by atoms with van der Waals surface area (Å²) in [5, 5.41) is 15.8. The third-order valence-electron chi connectivity index (χ3n) is 4.65. The lowest BCUT2D eigenvalue weighted by atomic mass is 10.1. The van der Waals surface area contributed by atoms with E-state index in [1.54, 1.807) is 46.1 Å². The minimum absolute atomic E-state index is 0.0651. The highest BCUT2D eigenvalue weighted by Gasteiger charge is 2.25. The first-order chi connectivity index (χ1) is 14.7. The van der Waals surface area contributed by atoms with E-state index in [4.69, 9.17) is 9.47 Å². The number of ether oxygens (including phenoxy) is 2. The average Bonchev–Trinajstić information content (AvgIpc) is 2.77. The van der Waals surface area contributed by atoms with Crippen LogP contribution in [0.2, 0.25) is 0 Å². The molecule has 2 rings (SSSR count). The van der Waals surface area contributed by atoms with Crippen LogP contribution in [0.4, 0.5) is 11.4 Å². The van der Waals surface area contributed by atoms with Crippen LogP contribution in [0.5, 0.6) is 11.5 Å². The molecule has 0 saturated heterocycles. The van der Waals surface area contributed by atoms with Crippen LogP contribution >= 0.6 is 0 Å². The molecule has 0 heterocycles. The van der Waals surface area contributed by atoms with Gasteiger partial charge in [-0.3, -0.25) is 15.5 Å². The molecule has 0 bridgehead atoms. The molecule has 0 atom stereocenters. The second-order valence-corrected chi connectivity index (χ2v) is 8.34. The highest BCUT2D eigenvalue weighted by molar-refractivity contribution is 7.89. The van der Waals surface area contributed by atoms with Gasteiger partial charge in [0.25, 0.3) is 5.69 Å². The molecule has 0 amide bonds. The Bertz CT molecular complexity index is 1080. The summed E-state index contributed by atoms with van der Waals surface area (Å²) in [6.07, 6.45) is 0. The predicted molar refractivity (Wildman–Crippen MR) is 119 cm³/mol. The Hall–Kier alpha value is -3.18. The van der Waals surface area contributed by atoms with Gasteiger partial charge in [0.15, 0.2) is 0 Å². The molecule has 1 N–H and O–H groups in total. The van der Waals surface area contributed by atoms with E-state index in [-0.39, 0.29) is 23.7 Å². The zero-order chi connectivity index (χ0) is 23.2. The smallest absolute Gasteiger partial charge is 0.295 e. The highest BCUT2D eigenvalue weighted by Crippen LogP contribution is 2.30. The number of hydrogen-bond acceptors (Lipinski definition) is 8. The van der Waals surface area contributed by atoms with Gasteiger partial charge >= 0.3 is 0 Å². The van der Waals surface area contributed by atoms with Crippen molar-refractivity contribution in [1.29, 1.82) is 0 Å². The Balaban J connectivity index is 2.41. The zero-order valence-corrected chi connectivity index (χ0v) is 18.9. The quantitative estimate of drug-likeness (QED) is 0.334. The summed E-state index contributed by atoms with van der Waals surface area (Å²) in [6, 6.07) is 8.88. The maximum absolute atomic E-state index is 12.7. The van der Waals surface area contributed by atoms with Crippen LogP contribution in [-0.2, 0) is 10.0 Å². The monoisotopic (exact) mass is 450 g/mol. The van der Waals surface area contributed by atoms with Gasteiger partial charge in [-0.05, 0) is 31.2 Å². The number of benzene rings is 2. The minimum atomic E-state index is -3.83. The number of nitrogens with one attached hydrogen (secondary N) is 1. The molecule has 0 unspecified atom stereocenters. The number of nitrogens with zero attached hydrogens (tertiary/aromatic N) is 3. The van der Waals surface area contributed by atoms with Gasteiger partial charge in [0, 0.05) is 30.8 Å². The summed E-state index contributed by atoms with van der Waals surface area (Å²) < 4.78 is 37.1. The Labute approximate surface area is 181 Å². The highest BCUT2D eigenvalue weighted by atomic mass is 32.2. The van der Waals surface area contributed by atoms with E-state index in [0.29, 0.717) is 22.8 Å². The first-order valence-electron chi connectivity index (χ1n) is 9.50. The van der Waals surface area contributed by atoms with Gasteiger partial charge in [0.1, 0.15) is 17.2 Å². The van der Waals surface area contributed by atoms with Crippen molar-refractivity contribution < 1.29 is 22.8 Å². The van der Waals surface area contributed by atoms with Crippen LogP contribution in [0, 0.1) is 10.1 Å². The minimum Gasteiger partial charge on any atom is -0.497 e. The maximum Gasteiger partial charge on any atom is 0.295 e. The number of nitro benzene ring substituents is 1. The number of rotatable bonds is 10. The fraction of sp³-hybridized carbons (Fsp3) is 0.350. The Morgan fingerprint density at radius 2 is 1.81 bits per heavy atom. The molecule has 2 aromatic rings. The summed E-state index contributed by atoms with van der Waals surface area (Å²) in [5.41, 5.74) is 3.50. The van der Waals surface area contributed by atoms with Crippen molar-refractivity contribution in [1.82, 2.24) is 4.31 Å². The van der Waals surface area contributed by atoms with Gasteiger partial charge in [-0.1, -0.05) is 13.8 Å². The van der Waals surface area contributed by atoms with Crippen LogP contribution in [0.15, 0.2) is 46.4 Å². The number of hydrazone groups is 1. The van der Waals surface area contributed by atoms with E-state index in [1.807, 2.05) is 0 Å². The molecule has 168 valence electrons. The van der Waals surface area contributed by atoms with E-state index in [2.05, 4.69) is 10.5 Å². The van der Waals surface area contributed by atoms with Crippen LogP contribution in [0.25, 0.3) is 0 Å². The molecular weight excluding hydrogens is 424 g/mol. The van der Waals surface area contributed by atoms with Gasteiger partial charge in [-0.25, -0.2) is 8.42 Å². The van der Waals surface area contributed by atoms with E-state index in [1.165, 1.54) is 23.5 Å². The third-order valence-corrected chi connectivity index (χ3v) is 6.70. The fourth-order valence-electron chi connectivity index (χ4n) is 2.93. The Morgan fingerprint density at radius 1 is 1.13 bits per heavy atom. The molecule has 0 radical (unpaired) electrons. The first kappa shape index (κ1) is 24.1. The number of nitro groups is 1. The summed E-state index contributed by atoms with van der Waals surface area (Å²) in [6.45, 7) is 5.65. The van der Waals surface area contributed by atoms with Gasteiger partial charge in [0.05, 0.1) is 29.8 Å². The molecule has 2 aromatic carbocycles. The molecule has 0 aliphatic carbocycles. The molecule has 11 heteroatoms. The first-order valence-corrected chi connectivity index (χ1v) is 10.9. The van der Waals surface area contributed by atoms with Crippen LogP contribution in [0.3, 0.4) is 0 Å². The lowest BCUT2D eigenvalue weighted by Crippen LogP contribution is -2.30. The SMILES string of the molecule is CCN(CC)S(=O)(=O)c1ccc(NN=C(C)c2ccc(OC)cc2OC)c([N+](=O)[O-])c1. The molecule has 0 aliphatic rings. The summed E-state index contributed by atoms with van der Waals surface area (Å²) in [4.78, 5) is 10.8. The third kappa shape index (κ3) is 5.30. The molecule has 0 saturated carbocycles. The van der Waals surface area contributed by atoms with Gasteiger partial charge in [-0.15, -0.1) is 0 Å². The topological polar surface area (TPSA) is 123 Å². The van der Waals surface area contributed by atoms with E-state index >= 15 is 0 Å². The van der Waals surface area contributed by atoms with Crippen molar-refractivity contribution >= 4 is 27.1 Å². The van der Waals surface area contributed by atoms with Gasteiger partial charge < -0.3 is 9.47 Å². The second-order valence-electron chi connectivity index (χ2n) is 6.40. The average molecular weight is 451 g/mol. The standard InChI is InChI=1S/C20H26N4O6S/c1-6-23(7-2)31(27,28)16-9-11-18(19(13-16)24(25)26)22-21-14(3)17-10-8-15(29-4)12-20(17)30-5/h8-13,22H,6-7H2,1-5H3. The van der Waals surface area contributed by atoms with E-state index < -0.39 is 20.6 Å². The van der Waals surface area contributed by atoms with Crippen molar-refractivity contribution in [3.8, 4) is 11.5 Å². The van der Waals surface area contributed by atoms with Crippen molar-refractivity contribution in [3.63, 3.8) is 0 Å². The molecule has 31 heavy (non-hydrogen) atoms. The zero-order valence-electron chi connectivity index (χ0n) is 18.1. The predicted octanol–water partition coefficient (Wildman–Crippen LogP) is 3.48. The van der Waals surface area contributed by atoms with Gasteiger partial charge in [0.2, 0.25) is 10.0 Å². The van der Waals surface area contributed by atoms with Crippen molar-refractivity contribution in [2.75, 3.05) is 32.7 Å². The normalized spacial score (nSPS) is 12.0. The van der Waals surface area contributed by atoms with Crippen LogP contribution in [0.1, 0.15) is 26.3 Å². The molecular formula is C20H26N4O6S. The number of anilines is 1. The lowest BCUT2D eigenvalue weighted by molar-refractivity contribution is -0.384. The fourth-order valence-corrected chi connectivity index (χ4v) is 4.41. The largest absolute Gasteiger partial charge is 0.497 e. The van der Waals surface area contributed by atoms with Gasteiger partial charge in [-0.2, -0.15) is 9.41 Å². The van der Waals surface area contributed by atoms with Crippen molar-refractivity contribution in [3.05, 3.63) is 52.1 Å².